The smallest absolute Gasteiger partial charge is 0.461 e. The van der Waals surface area contributed by atoms with Crippen molar-refractivity contribution >= 4 is 24.4 Å². The van der Waals surface area contributed by atoms with Crippen LogP contribution in [-0.4, -0.2) is 61.0 Å². The van der Waals surface area contributed by atoms with Crippen LogP contribution in [0.3, 0.4) is 0 Å². The minimum absolute atomic E-state index is 0.0102. The zero-order chi connectivity index (χ0) is 32.2. The topological polar surface area (TPSA) is 159 Å². The van der Waals surface area contributed by atoms with Crippen LogP contribution in [0.15, 0.2) is 18.2 Å². The summed E-state index contributed by atoms with van der Waals surface area (Å²) in [5.41, 5.74) is 5.84. The number of hydrogen-bond donors (Lipinski definition) is 1. The van der Waals surface area contributed by atoms with Gasteiger partial charge in [0.2, 0.25) is 0 Å². The quantitative estimate of drug-likeness (QED) is 0.153. The average Bonchev–Trinajstić information content (AvgIpc) is 2.87. The van der Waals surface area contributed by atoms with Gasteiger partial charge in [0.1, 0.15) is 36.6 Å². The SMILES string of the molecule is CCC(C)(C)OC(=O)O[C@@H](C)COC(=O)[C@@H](N)Cc1ccc(OC(=O)OC(C)C(C)C)c(OC(=O)OC(C)C(C)C)c1. The van der Waals surface area contributed by atoms with Gasteiger partial charge in [-0.25, -0.2) is 14.4 Å². The van der Waals surface area contributed by atoms with E-state index < -0.39 is 54.4 Å². The Morgan fingerprint density at radius 3 is 1.81 bits per heavy atom. The molecule has 0 radical (unpaired) electrons. The van der Waals surface area contributed by atoms with Crippen LogP contribution < -0.4 is 15.2 Å². The number of benzene rings is 1. The van der Waals surface area contributed by atoms with Crippen LogP contribution in [-0.2, 0) is 34.9 Å². The lowest BCUT2D eigenvalue weighted by Gasteiger charge is -2.24. The van der Waals surface area contributed by atoms with Crippen molar-refractivity contribution in [2.45, 2.75) is 112 Å². The second-order valence-corrected chi connectivity index (χ2v) is 11.5. The Morgan fingerprint density at radius 1 is 0.786 bits per heavy atom. The van der Waals surface area contributed by atoms with E-state index in [9.17, 15) is 19.2 Å². The summed E-state index contributed by atoms with van der Waals surface area (Å²) in [6.07, 6.45) is -3.87. The Bertz CT molecular complexity index is 1050. The lowest BCUT2D eigenvalue weighted by molar-refractivity contribution is -0.148. The van der Waals surface area contributed by atoms with Crippen molar-refractivity contribution in [3.63, 3.8) is 0 Å². The van der Waals surface area contributed by atoms with Gasteiger partial charge in [-0.05, 0) is 77.0 Å². The van der Waals surface area contributed by atoms with Crippen LogP contribution >= 0.6 is 0 Å². The summed E-state index contributed by atoms with van der Waals surface area (Å²) in [6, 6.07) is 3.24. The number of hydrogen-bond acceptors (Lipinski definition) is 12. The van der Waals surface area contributed by atoms with Gasteiger partial charge in [0.05, 0.1) is 0 Å². The summed E-state index contributed by atoms with van der Waals surface area (Å²) >= 11 is 0. The van der Waals surface area contributed by atoms with Gasteiger partial charge in [-0.1, -0.05) is 40.7 Å². The molecule has 12 nitrogen and oxygen atoms in total. The van der Waals surface area contributed by atoms with Crippen molar-refractivity contribution in [1.82, 2.24) is 0 Å². The molecule has 1 aromatic carbocycles. The fourth-order valence-electron chi connectivity index (χ4n) is 2.81. The Morgan fingerprint density at radius 2 is 1.31 bits per heavy atom. The van der Waals surface area contributed by atoms with E-state index in [1.165, 1.54) is 12.1 Å². The number of nitrogens with two attached hydrogens (primary N) is 1. The predicted molar refractivity (Wildman–Crippen MR) is 153 cm³/mol. The van der Waals surface area contributed by atoms with Gasteiger partial charge in [0.25, 0.3) is 0 Å². The minimum atomic E-state index is -1.10. The van der Waals surface area contributed by atoms with Crippen molar-refractivity contribution in [3.8, 4) is 11.5 Å². The molecule has 0 amide bonds. The van der Waals surface area contributed by atoms with Crippen molar-refractivity contribution in [2.75, 3.05) is 6.61 Å². The van der Waals surface area contributed by atoms with Crippen molar-refractivity contribution in [3.05, 3.63) is 23.8 Å². The highest BCUT2D eigenvalue weighted by atomic mass is 16.8. The molecule has 0 bridgehead atoms. The van der Waals surface area contributed by atoms with Crippen LogP contribution in [0.4, 0.5) is 14.4 Å². The first-order valence-corrected chi connectivity index (χ1v) is 14.2. The molecule has 0 spiro atoms. The van der Waals surface area contributed by atoms with Gasteiger partial charge in [-0.3, -0.25) is 4.79 Å². The first-order chi connectivity index (χ1) is 19.4. The maximum Gasteiger partial charge on any atom is 0.514 e. The lowest BCUT2D eigenvalue weighted by Crippen LogP contribution is -2.36. The molecule has 2 unspecified atom stereocenters. The highest BCUT2D eigenvalue weighted by Crippen LogP contribution is 2.30. The van der Waals surface area contributed by atoms with Crippen molar-refractivity contribution in [1.29, 1.82) is 0 Å². The van der Waals surface area contributed by atoms with Gasteiger partial charge >= 0.3 is 24.4 Å². The fourth-order valence-corrected chi connectivity index (χ4v) is 2.81. The molecule has 0 saturated carbocycles. The number of carbonyl (C=O) groups is 4. The maximum atomic E-state index is 12.5. The number of carbonyl (C=O) groups excluding carboxylic acids is 4. The van der Waals surface area contributed by atoms with E-state index >= 15 is 0 Å². The van der Waals surface area contributed by atoms with Gasteiger partial charge in [-0.15, -0.1) is 0 Å². The third-order valence-corrected chi connectivity index (χ3v) is 6.56. The largest absolute Gasteiger partial charge is 0.514 e. The molecule has 2 N–H and O–H groups in total. The first kappa shape index (κ1) is 36.5. The first-order valence-electron chi connectivity index (χ1n) is 14.2. The van der Waals surface area contributed by atoms with Crippen molar-refractivity contribution < 1.29 is 52.3 Å². The van der Waals surface area contributed by atoms with E-state index in [1.54, 1.807) is 40.7 Å². The van der Waals surface area contributed by atoms with E-state index in [4.69, 9.17) is 38.9 Å². The molecule has 0 saturated heterocycles. The Balaban J connectivity index is 2.92. The second kappa shape index (κ2) is 16.8. The number of ether oxygens (including phenoxy) is 7. The standard InChI is InChI=1S/C30H47NO11/c1-11-30(9,10)42-29(35)37-19(6)16-36-26(32)23(31)14-22-12-13-24(40-27(33)38-20(7)17(2)3)25(15-22)41-28(34)39-21(8)18(4)5/h12-13,15,17-21,23H,11,14,16,31H2,1-10H3/t19-,20?,21?,23-/m0/s1. The molecule has 1 aromatic rings. The molecule has 0 fully saturated rings. The van der Waals surface area contributed by atoms with Crippen molar-refractivity contribution in [2.24, 2.45) is 17.6 Å². The normalized spacial score (nSPS) is 14.3. The van der Waals surface area contributed by atoms with Crippen LogP contribution in [0, 0.1) is 11.8 Å². The summed E-state index contributed by atoms with van der Waals surface area (Å²) in [7, 11) is 0. The Kier molecular flexibility index (Phi) is 14.6. The molecule has 0 aliphatic rings. The van der Waals surface area contributed by atoms with Gasteiger partial charge in [0.15, 0.2) is 11.5 Å². The van der Waals surface area contributed by atoms with E-state index in [-0.39, 0.29) is 36.4 Å². The van der Waals surface area contributed by atoms with Crippen LogP contribution in [0.25, 0.3) is 0 Å². The summed E-state index contributed by atoms with van der Waals surface area (Å²) < 4.78 is 36.7. The van der Waals surface area contributed by atoms with Gasteiger partial charge in [-0.2, -0.15) is 0 Å². The number of rotatable bonds is 14. The third-order valence-electron chi connectivity index (χ3n) is 6.56. The maximum absolute atomic E-state index is 12.5. The monoisotopic (exact) mass is 597 g/mol. The van der Waals surface area contributed by atoms with E-state index in [2.05, 4.69) is 0 Å². The zero-order valence-corrected chi connectivity index (χ0v) is 26.4. The summed E-state index contributed by atoms with van der Waals surface area (Å²) in [5, 5.41) is 0. The Hall–Kier alpha value is -3.54. The highest BCUT2D eigenvalue weighted by molar-refractivity contribution is 5.76. The second-order valence-electron chi connectivity index (χ2n) is 11.5. The summed E-state index contributed by atoms with van der Waals surface area (Å²) in [5.74, 6) is -0.862. The summed E-state index contributed by atoms with van der Waals surface area (Å²) in [4.78, 5) is 49.2. The molecule has 0 heterocycles. The van der Waals surface area contributed by atoms with Crippen LogP contribution in [0.5, 0.6) is 11.5 Å². The van der Waals surface area contributed by atoms with Gasteiger partial charge in [0, 0.05) is 0 Å². The fraction of sp³-hybridized carbons (Fsp3) is 0.667. The Labute approximate surface area is 248 Å². The molecule has 238 valence electrons. The molecule has 0 aliphatic carbocycles. The molecule has 4 atom stereocenters. The minimum Gasteiger partial charge on any atom is -0.461 e. The molecule has 1 rings (SSSR count). The zero-order valence-electron chi connectivity index (χ0n) is 26.4. The molecule has 0 aromatic heterocycles. The number of esters is 1. The molecule has 0 aliphatic heterocycles. The average molecular weight is 598 g/mol. The molecule has 12 heteroatoms. The molecule has 42 heavy (non-hydrogen) atoms. The van der Waals surface area contributed by atoms with E-state index in [0.717, 1.165) is 0 Å². The van der Waals surface area contributed by atoms with Gasteiger partial charge < -0.3 is 38.9 Å². The van der Waals surface area contributed by atoms with E-state index in [1.807, 2.05) is 34.6 Å². The lowest BCUT2D eigenvalue weighted by atomic mass is 10.1. The molecular formula is C30H47NO11. The third kappa shape index (κ3) is 13.4. The molecular weight excluding hydrogens is 550 g/mol. The van der Waals surface area contributed by atoms with Crippen LogP contribution in [0.1, 0.15) is 81.2 Å². The predicted octanol–water partition coefficient (Wildman–Crippen LogP) is 5.95. The summed E-state index contributed by atoms with van der Waals surface area (Å²) in [6.45, 7) is 17.7. The highest BCUT2D eigenvalue weighted by Gasteiger charge is 2.25. The van der Waals surface area contributed by atoms with Crippen LogP contribution in [0.2, 0.25) is 0 Å². The van der Waals surface area contributed by atoms with E-state index in [0.29, 0.717) is 12.0 Å².